The highest BCUT2D eigenvalue weighted by Crippen LogP contribution is 2.58. The van der Waals surface area contributed by atoms with Gasteiger partial charge in [-0.05, 0) is 52.3 Å². The van der Waals surface area contributed by atoms with Gasteiger partial charge in [0.05, 0.1) is 57.4 Å². The number of nitrogens with zero attached hydrogens (tertiary/aromatic N) is 7. The standard InChI is InChI=1S/C32H20BrN9O2/c33-20-8-2-6-12-26(20)42-17(15-37-40-42)16-41-25-11-5-1-7-18(25)32(31(41)43)19(14-34)30(36)44-29-21(35)13-24-28(27(29)32)39-23-10-4-3-9-22(23)38-24/h1-13,15H,16,35-36H2. The molecule has 2 aliphatic heterocycles. The largest absolute Gasteiger partial charge is 0.438 e. The van der Waals surface area contributed by atoms with Gasteiger partial charge < -0.3 is 21.1 Å². The summed E-state index contributed by atoms with van der Waals surface area (Å²) in [6.45, 7) is 0.0928. The number of halogens is 1. The number of carbonyl (C=O) groups is 1. The van der Waals surface area contributed by atoms with Crippen LogP contribution in [0.15, 0.2) is 101 Å². The van der Waals surface area contributed by atoms with Crippen molar-refractivity contribution >= 4 is 55.3 Å². The van der Waals surface area contributed by atoms with E-state index in [-0.39, 0.29) is 29.4 Å². The Balaban J connectivity index is 1.41. The van der Waals surface area contributed by atoms with Gasteiger partial charge >= 0.3 is 0 Å². The van der Waals surface area contributed by atoms with Crippen LogP contribution in [-0.4, -0.2) is 30.9 Å². The molecule has 0 saturated carbocycles. The van der Waals surface area contributed by atoms with E-state index in [1.165, 1.54) is 0 Å². The van der Waals surface area contributed by atoms with Crippen LogP contribution in [0.4, 0.5) is 11.4 Å². The summed E-state index contributed by atoms with van der Waals surface area (Å²) < 4.78 is 8.49. The van der Waals surface area contributed by atoms with Crippen molar-refractivity contribution in [2.75, 3.05) is 10.6 Å². The number of hydrogen-bond acceptors (Lipinski definition) is 9. The Bertz CT molecular complexity index is 2290. The zero-order valence-corrected chi connectivity index (χ0v) is 24.4. The van der Waals surface area contributed by atoms with Gasteiger partial charge in [-0.1, -0.05) is 47.7 Å². The van der Waals surface area contributed by atoms with Crippen molar-refractivity contribution in [1.29, 1.82) is 5.26 Å². The van der Waals surface area contributed by atoms with E-state index in [4.69, 9.17) is 26.2 Å². The summed E-state index contributed by atoms with van der Waals surface area (Å²) >= 11 is 3.58. The first-order valence-electron chi connectivity index (χ1n) is 13.6. The number of nitrogen functional groups attached to an aromatic ring is 1. The Labute approximate surface area is 258 Å². The average molecular weight is 642 g/mol. The summed E-state index contributed by atoms with van der Waals surface area (Å²) in [7, 11) is 0. The van der Waals surface area contributed by atoms with E-state index in [9.17, 15) is 5.26 Å². The molecular formula is C32H20BrN9O2. The first-order valence-corrected chi connectivity index (χ1v) is 14.4. The maximum absolute atomic E-state index is 15.2. The summed E-state index contributed by atoms with van der Waals surface area (Å²) in [4.78, 5) is 26.5. The average Bonchev–Trinajstić information content (AvgIpc) is 3.58. The van der Waals surface area contributed by atoms with Crippen molar-refractivity contribution in [3.8, 4) is 17.5 Å². The Kier molecular flexibility index (Phi) is 5.50. The molecule has 1 amide bonds. The zero-order chi connectivity index (χ0) is 30.2. The SMILES string of the molecule is N#CC1=C(N)Oc2c(N)cc3nc4ccccc4nc3c2C12C(=O)N(Cc1cnnn1-c1ccccc1Br)c1ccccc12. The molecule has 8 rings (SSSR count). The smallest absolute Gasteiger partial charge is 0.248 e. The van der Waals surface area contributed by atoms with Gasteiger partial charge in [0.2, 0.25) is 11.8 Å². The van der Waals surface area contributed by atoms with E-state index in [1.54, 1.807) is 21.8 Å². The van der Waals surface area contributed by atoms with Crippen LogP contribution in [0.1, 0.15) is 16.8 Å². The molecule has 11 nitrogen and oxygen atoms in total. The third kappa shape index (κ3) is 3.38. The number of anilines is 2. The van der Waals surface area contributed by atoms with Crippen LogP contribution in [0.2, 0.25) is 0 Å². The van der Waals surface area contributed by atoms with Crippen molar-refractivity contribution in [1.82, 2.24) is 25.0 Å². The van der Waals surface area contributed by atoms with E-state index in [1.807, 2.05) is 72.8 Å². The number of fused-ring (bicyclic) bond motifs is 7. The Morgan fingerprint density at radius 3 is 2.41 bits per heavy atom. The number of amides is 1. The number of aromatic nitrogens is 5. The predicted octanol–water partition coefficient (Wildman–Crippen LogP) is 4.63. The lowest BCUT2D eigenvalue weighted by atomic mass is 9.68. The lowest BCUT2D eigenvalue weighted by Crippen LogP contribution is -2.46. The molecule has 1 atom stereocenters. The van der Waals surface area contributed by atoms with Crippen molar-refractivity contribution < 1.29 is 9.53 Å². The quantitative estimate of drug-likeness (QED) is 0.207. The summed E-state index contributed by atoms with van der Waals surface area (Å²) in [6, 6.07) is 26.2. The number of carbonyl (C=O) groups excluding carboxylic acids is 1. The van der Waals surface area contributed by atoms with E-state index in [0.717, 1.165) is 10.2 Å². The molecule has 0 radical (unpaired) electrons. The molecule has 0 bridgehead atoms. The van der Waals surface area contributed by atoms with E-state index in [2.05, 4.69) is 32.3 Å². The van der Waals surface area contributed by atoms with Crippen LogP contribution >= 0.6 is 15.9 Å². The molecular weight excluding hydrogens is 622 g/mol. The summed E-state index contributed by atoms with van der Waals surface area (Å²) in [5.41, 5.74) is 16.4. The molecule has 1 spiro atoms. The number of nitrogens with two attached hydrogens (primary N) is 2. The van der Waals surface area contributed by atoms with E-state index >= 15 is 4.79 Å². The van der Waals surface area contributed by atoms with Crippen molar-refractivity contribution in [3.05, 3.63) is 118 Å². The second-order valence-corrected chi connectivity index (χ2v) is 11.3. The second-order valence-electron chi connectivity index (χ2n) is 10.5. The maximum atomic E-state index is 15.2. The molecule has 212 valence electrons. The van der Waals surface area contributed by atoms with Crippen LogP contribution in [-0.2, 0) is 16.8 Å². The molecule has 2 aliphatic rings. The Morgan fingerprint density at radius 2 is 1.64 bits per heavy atom. The number of hydrogen-bond donors (Lipinski definition) is 2. The third-order valence-corrected chi connectivity index (χ3v) is 8.79. The molecule has 0 saturated heterocycles. The topological polar surface area (TPSA) is 162 Å². The summed E-state index contributed by atoms with van der Waals surface area (Å²) in [5, 5.41) is 19.0. The minimum absolute atomic E-state index is 0.0516. The van der Waals surface area contributed by atoms with Crippen molar-refractivity contribution in [3.63, 3.8) is 0 Å². The van der Waals surface area contributed by atoms with Crippen molar-refractivity contribution in [2.24, 2.45) is 5.73 Å². The predicted molar refractivity (Wildman–Crippen MR) is 166 cm³/mol. The van der Waals surface area contributed by atoms with Gasteiger partial charge in [0, 0.05) is 15.7 Å². The molecule has 6 aromatic rings. The minimum Gasteiger partial charge on any atom is -0.438 e. The number of nitriles is 1. The summed E-state index contributed by atoms with van der Waals surface area (Å²) in [6.07, 6.45) is 1.61. The van der Waals surface area contributed by atoms with Crippen LogP contribution < -0.4 is 21.1 Å². The monoisotopic (exact) mass is 641 g/mol. The lowest BCUT2D eigenvalue weighted by Gasteiger charge is -2.35. The van der Waals surface area contributed by atoms with Gasteiger partial charge in [-0.25, -0.2) is 14.6 Å². The van der Waals surface area contributed by atoms with Gasteiger partial charge in [-0.3, -0.25) is 4.79 Å². The zero-order valence-electron chi connectivity index (χ0n) is 22.8. The van der Waals surface area contributed by atoms with Crippen LogP contribution in [0.3, 0.4) is 0 Å². The number of ether oxygens (including phenoxy) is 1. The lowest BCUT2D eigenvalue weighted by molar-refractivity contribution is -0.121. The van der Waals surface area contributed by atoms with Crippen LogP contribution in [0.5, 0.6) is 5.75 Å². The van der Waals surface area contributed by atoms with Gasteiger partial charge in [0.1, 0.15) is 17.1 Å². The first-order chi connectivity index (χ1) is 21.4. The highest BCUT2D eigenvalue weighted by atomic mass is 79.9. The van der Waals surface area contributed by atoms with Gasteiger partial charge in [0.15, 0.2) is 5.75 Å². The van der Waals surface area contributed by atoms with E-state index in [0.29, 0.717) is 44.6 Å². The summed E-state index contributed by atoms with van der Waals surface area (Å²) in [5.74, 6) is -0.447. The normalized spacial score (nSPS) is 17.2. The Hall–Kier alpha value is -5.80. The van der Waals surface area contributed by atoms with Gasteiger partial charge in [-0.2, -0.15) is 5.26 Å². The molecule has 4 heterocycles. The maximum Gasteiger partial charge on any atom is 0.248 e. The fraction of sp³-hybridized carbons (Fsp3) is 0.0625. The van der Waals surface area contributed by atoms with Crippen LogP contribution in [0.25, 0.3) is 27.8 Å². The molecule has 1 unspecified atom stereocenters. The molecule has 0 fully saturated rings. The highest BCUT2D eigenvalue weighted by molar-refractivity contribution is 9.10. The highest BCUT2D eigenvalue weighted by Gasteiger charge is 2.60. The third-order valence-electron chi connectivity index (χ3n) is 8.12. The first kappa shape index (κ1) is 25.9. The molecule has 12 heteroatoms. The second kappa shape index (κ2) is 9.35. The number of benzene rings is 4. The molecule has 4 N–H and O–H groups in total. The molecule has 4 aromatic carbocycles. The number of para-hydroxylation sites is 4. The number of rotatable bonds is 3. The molecule has 2 aromatic heterocycles. The van der Waals surface area contributed by atoms with Gasteiger partial charge in [-0.15, -0.1) is 5.10 Å². The van der Waals surface area contributed by atoms with Crippen LogP contribution in [0, 0.1) is 11.3 Å². The minimum atomic E-state index is -1.71. The van der Waals surface area contributed by atoms with E-state index < -0.39 is 11.3 Å². The van der Waals surface area contributed by atoms with Gasteiger partial charge in [0.25, 0.3) is 0 Å². The fourth-order valence-electron chi connectivity index (χ4n) is 6.28. The molecule has 0 aliphatic carbocycles. The van der Waals surface area contributed by atoms with Crippen molar-refractivity contribution in [2.45, 2.75) is 12.0 Å². The Morgan fingerprint density at radius 1 is 0.932 bits per heavy atom. The molecule has 44 heavy (non-hydrogen) atoms. The fourth-order valence-corrected chi connectivity index (χ4v) is 6.73.